The van der Waals surface area contributed by atoms with Crippen molar-refractivity contribution in [2.75, 3.05) is 6.54 Å². The van der Waals surface area contributed by atoms with Crippen molar-refractivity contribution in [3.63, 3.8) is 0 Å². The number of ether oxygens (including phenoxy) is 1. The van der Waals surface area contributed by atoms with Crippen LogP contribution >= 0.6 is 0 Å². The number of benzene rings is 2. The lowest BCUT2D eigenvalue weighted by atomic mass is 10.00. The molecule has 4 aliphatic rings. The normalized spacial score (nSPS) is 27.7. The Morgan fingerprint density at radius 2 is 1.64 bits per heavy atom. The number of carbonyl (C=O) groups is 4. The number of nitrogens with one attached hydrogen (secondary N) is 3. The van der Waals surface area contributed by atoms with Crippen LogP contribution in [0.3, 0.4) is 0 Å². The fourth-order valence-corrected chi connectivity index (χ4v) is 8.77. The predicted molar refractivity (Wildman–Crippen MR) is 186 cm³/mol. The lowest BCUT2D eigenvalue weighted by Gasteiger charge is -2.29. The van der Waals surface area contributed by atoms with Crippen molar-refractivity contribution in [3.05, 3.63) is 54.6 Å². The molecule has 17 heteroatoms. The van der Waals surface area contributed by atoms with Gasteiger partial charge in [0.05, 0.1) is 22.8 Å². The fraction of sp³-hybridized carbons (Fsp3) is 0.500. The van der Waals surface area contributed by atoms with Crippen molar-refractivity contribution in [2.24, 2.45) is 5.92 Å². The number of hydrogen-bond acceptors (Lipinski definition) is 9. The van der Waals surface area contributed by atoms with Crippen LogP contribution in [0.15, 0.2) is 54.6 Å². The number of aromatic nitrogens is 2. The van der Waals surface area contributed by atoms with Crippen LogP contribution in [0.1, 0.15) is 64.2 Å². The third-order valence-electron chi connectivity index (χ3n) is 10.4. The molecule has 2 aliphatic heterocycles. The summed E-state index contributed by atoms with van der Waals surface area (Å²) < 4.78 is 64.4. The number of alkyl halides is 2. The van der Waals surface area contributed by atoms with Gasteiger partial charge in [-0.1, -0.05) is 55.3 Å². The summed E-state index contributed by atoms with van der Waals surface area (Å²) in [5, 5.41) is 13.6. The molecule has 0 bridgehead atoms. The van der Waals surface area contributed by atoms with E-state index in [1.54, 1.807) is 18.2 Å². The molecule has 2 saturated carbocycles. The summed E-state index contributed by atoms with van der Waals surface area (Å²) in [6, 6.07) is 13.7. The van der Waals surface area contributed by atoms with E-state index in [1.807, 2.05) is 41.1 Å². The van der Waals surface area contributed by atoms with Gasteiger partial charge in [0.1, 0.15) is 29.4 Å². The van der Waals surface area contributed by atoms with Crippen LogP contribution in [0, 0.1) is 5.92 Å². The van der Waals surface area contributed by atoms with Gasteiger partial charge in [0.15, 0.2) is 0 Å². The topological polar surface area (TPSA) is 197 Å². The highest BCUT2D eigenvalue weighted by molar-refractivity contribution is 7.91. The van der Waals surface area contributed by atoms with Crippen LogP contribution in [0.2, 0.25) is 0 Å². The number of para-hydroxylation sites is 2. The maximum absolute atomic E-state index is 15.2. The summed E-state index contributed by atoms with van der Waals surface area (Å²) in [6.45, 7) is -0.186. The van der Waals surface area contributed by atoms with E-state index in [-0.39, 0.29) is 50.9 Å². The molecule has 0 unspecified atom stereocenters. The number of sulfonamides is 1. The van der Waals surface area contributed by atoms with E-state index in [0.29, 0.717) is 35.1 Å². The van der Waals surface area contributed by atoms with Crippen LogP contribution in [0.5, 0.6) is 5.88 Å². The highest BCUT2D eigenvalue weighted by atomic mass is 32.2. The molecule has 3 aromatic rings. The molecule has 5 atom stereocenters. The van der Waals surface area contributed by atoms with Gasteiger partial charge in [0.25, 0.3) is 5.91 Å². The zero-order chi connectivity index (χ0) is 37.5. The molecule has 53 heavy (non-hydrogen) atoms. The van der Waals surface area contributed by atoms with E-state index in [0.717, 1.165) is 0 Å². The number of fused-ring (bicyclic) bond motifs is 3. The molecule has 4 fully saturated rings. The quantitative estimate of drug-likeness (QED) is 0.276. The third kappa shape index (κ3) is 7.89. The zero-order valence-corrected chi connectivity index (χ0v) is 29.5. The first-order chi connectivity index (χ1) is 25.2. The Bertz CT molecular complexity index is 2030. The van der Waals surface area contributed by atoms with E-state index in [1.165, 1.54) is 4.90 Å². The van der Waals surface area contributed by atoms with Gasteiger partial charge in [-0.25, -0.2) is 32.0 Å². The highest BCUT2D eigenvalue weighted by Gasteiger charge is 2.65. The maximum atomic E-state index is 15.2. The van der Waals surface area contributed by atoms with Gasteiger partial charge >= 0.3 is 6.09 Å². The maximum Gasteiger partial charge on any atom is 0.405 e. The Morgan fingerprint density at radius 3 is 2.34 bits per heavy atom. The number of rotatable bonds is 7. The van der Waals surface area contributed by atoms with Gasteiger partial charge in [-0.05, 0) is 50.2 Å². The molecule has 3 heterocycles. The number of carbonyl (C=O) groups excluding carboxylic acids is 3. The van der Waals surface area contributed by atoms with Gasteiger partial charge in [-0.15, -0.1) is 0 Å². The first-order valence-corrected chi connectivity index (χ1v) is 19.3. The molecule has 2 saturated heterocycles. The van der Waals surface area contributed by atoms with Crippen LogP contribution in [0.4, 0.5) is 13.6 Å². The smallest absolute Gasteiger partial charge is 0.405 e. The van der Waals surface area contributed by atoms with E-state index in [4.69, 9.17) is 14.7 Å². The number of carboxylic acid groups (broad SMARTS) is 1. The van der Waals surface area contributed by atoms with Crippen LogP contribution in [0.25, 0.3) is 22.3 Å². The molecule has 14 nitrogen and oxygen atoms in total. The third-order valence-corrected chi connectivity index (χ3v) is 12.3. The van der Waals surface area contributed by atoms with Crippen molar-refractivity contribution in [1.82, 2.24) is 30.2 Å². The van der Waals surface area contributed by atoms with Gasteiger partial charge < -0.3 is 25.4 Å². The number of halogens is 2. The predicted octanol–water partition coefficient (Wildman–Crippen LogP) is 3.75. The minimum atomic E-state index is -4.09. The van der Waals surface area contributed by atoms with E-state index >= 15 is 8.78 Å². The minimum Gasteiger partial charge on any atom is -0.471 e. The number of amides is 4. The summed E-state index contributed by atoms with van der Waals surface area (Å²) in [5.74, 6) is -6.88. The zero-order valence-electron chi connectivity index (χ0n) is 28.7. The monoisotopic (exact) mass is 754 g/mol. The summed E-state index contributed by atoms with van der Waals surface area (Å²) in [6.07, 6.45) is -2.73. The van der Waals surface area contributed by atoms with Crippen LogP contribution in [-0.4, -0.2) is 93.7 Å². The fourth-order valence-electron chi connectivity index (χ4n) is 7.41. The molecule has 0 radical (unpaired) electrons. The number of hydrogen-bond donors (Lipinski definition) is 4. The molecule has 2 aliphatic carbocycles. The molecule has 1 aromatic heterocycles. The molecule has 7 rings (SSSR count). The molecule has 2 aromatic carbocycles. The summed E-state index contributed by atoms with van der Waals surface area (Å²) in [4.78, 5) is 64.5. The van der Waals surface area contributed by atoms with Gasteiger partial charge in [-0.3, -0.25) is 19.1 Å². The average molecular weight is 755 g/mol. The molecular formula is C36H40F2N6O8S. The lowest BCUT2D eigenvalue weighted by Crippen LogP contribution is -2.58. The molecular weight excluding hydrogens is 714 g/mol. The van der Waals surface area contributed by atoms with Crippen LogP contribution < -0.4 is 20.1 Å². The summed E-state index contributed by atoms with van der Waals surface area (Å²) >= 11 is 0. The summed E-state index contributed by atoms with van der Waals surface area (Å²) in [7, 11) is -4.09. The number of nitrogens with zero attached hydrogens (tertiary/aromatic N) is 3. The highest BCUT2D eigenvalue weighted by Crippen LogP contribution is 2.51. The first kappa shape index (κ1) is 36.4. The van der Waals surface area contributed by atoms with E-state index < -0.39 is 87.5 Å². The first-order valence-electron chi connectivity index (χ1n) is 17.8. The molecule has 0 spiro atoms. The largest absolute Gasteiger partial charge is 0.471 e. The van der Waals surface area contributed by atoms with Crippen molar-refractivity contribution >= 4 is 44.9 Å². The van der Waals surface area contributed by atoms with Crippen molar-refractivity contribution in [3.8, 4) is 17.1 Å². The summed E-state index contributed by atoms with van der Waals surface area (Å²) in [5.41, 5.74) is 0.273. The lowest BCUT2D eigenvalue weighted by molar-refractivity contribution is -0.141. The van der Waals surface area contributed by atoms with E-state index in [2.05, 4.69) is 10.6 Å². The van der Waals surface area contributed by atoms with Crippen molar-refractivity contribution < 1.29 is 46.2 Å². The Balaban J connectivity index is 1.23. The van der Waals surface area contributed by atoms with Gasteiger partial charge in [0.2, 0.25) is 33.6 Å². The Morgan fingerprint density at radius 1 is 0.943 bits per heavy atom. The van der Waals surface area contributed by atoms with Crippen LogP contribution in [-0.2, 0) is 24.4 Å². The standard InChI is InChI=1S/C36H40F2N6O8S/c37-35(38)16-8-2-5-13-27(41-34(48)49)32(46)44-20-23(52-31-29(21-9-3-1-4-10-21)39-25-11-6-7-12-26(25)40-31)17-28(44)30(45)42-36(19-22(36)18-35)33(47)43-53(50,51)24-14-15-24/h1,3-4,6-7,9-12,22-24,27-28,41H,2,5,8,13-20H2,(H,42,45)(H,43,47)(H,48,49)/t22-,23-,27+,28+,36-/m1/s1. The SMILES string of the molecule is O=C(O)N[C@H]1CCCCCC(F)(F)C[C@@H]2C[C@@]2(C(=O)NS(=O)(=O)C2CC2)NC(=O)[C@@H]2C[C@@H](Oc3nc4ccccc4nc3-c3ccccc3)CN2C1=O. The molecule has 282 valence electrons. The Kier molecular flexibility index (Phi) is 9.72. The van der Waals surface area contributed by atoms with E-state index in [9.17, 15) is 32.7 Å². The second-order valence-electron chi connectivity index (χ2n) is 14.4. The second-order valence-corrected chi connectivity index (χ2v) is 16.4. The van der Waals surface area contributed by atoms with Gasteiger partial charge in [0, 0.05) is 24.8 Å². The molecule has 4 N–H and O–H groups in total. The van der Waals surface area contributed by atoms with Crippen molar-refractivity contribution in [2.45, 2.75) is 99.1 Å². The molecule has 4 amide bonds. The average Bonchev–Trinajstić information content (AvgIpc) is 4.04. The minimum absolute atomic E-state index is 0.00460. The van der Waals surface area contributed by atoms with Crippen molar-refractivity contribution in [1.29, 1.82) is 0 Å². The van der Waals surface area contributed by atoms with Gasteiger partial charge in [-0.2, -0.15) is 0 Å². The Hall–Kier alpha value is -4.93. The Labute approximate surface area is 304 Å². The second kappa shape index (κ2) is 14.1.